The van der Waals surface area contributed by atoms with Gasteiger partial charge in [-0.3, -0.25) is 4.79 Å². The van der Waals surface area contributed by atoms with Crippen molar-refractivity contribution in [3.8, 4) is 0 Å². The molecule has 0 spiro atoms. The lowest BCUT2D eigenvalue weighted by Gasteiger charge is -2.29. The monoisotopic (exact) mass is 214 g/mol. The summed E-state index contributed by atoms with van der Waals surface area (Å²) in [6.07, 6.45) is 3.33. The zero-order chi connectivity index (χ0) is 11.1. The van der Waals surface area contributed by atoms with Crippen molar-refractivity contribution < 1.29 is 9.53 Å². The highest BCUT2D eigenvalue weighted by Crippen LogP contribution is 2.11. The van der Waals surface area contributed by atoms with Crippen LogP contribution >= 0.6 is 0 Å². The lowest BCUT2D eigenvalue weighted by molar-refractivity contribution is -0.128. The van der Waals surface area contributed by atoms with Gasteiger partial charge in [0.1, 0.15) is 6.61 Å². The lowest BCUT2D eigenvalue weighted by Crippen LogP contribution is -2.45. The Morgan fingerprint density at radius 3 is 3.07 bits per heavy atom. The van der Waals surface area contributed by atoms with Crippen LogP contribution in [0.5, 0.6) is 0 Å². The maximum Gasteiger partial charge on any atom is 0.246 e. The summed E-state index contributed by atoms with van der Waals surface area (Å²) < 4.78 is 5.58. The fourth-order valence-electron chi connectivity index (χ4n) is 1.74. The van der Waals surface area contributed by atoms with Crippen LogP contribution in [0.1, 0.15) is 33.1 Å². The molecule has 1 aliphatic heterocycles. The Bertz CT molecular complexity index is 197. The third-order valence-corrected chi connectivity index (χ3v) is 2.69. The van der Waals surface area contributed by atoms with E-state index in [4.69, 9.17) is 4.74 Å². The molecule has 2 atom stereocenters. The van der Waals surface area contributed by atoms with Gasteiger partial charge in [-0.25, -0.2) is 0 Å². The average molecular weight is 214 g/mol. The molecule has 0 bridgehead atoms. The smallest absolute Gasteiger partial charge is 0.246 e. The van der Waals surface area contributed by atoms with Gasteiger partial charge < -0.3 is 15.4 Å². The second kappa shape index (κ2) is 6.80. The Morgan fingerprint density at radius 2 is 2.40 bits per heavy atom. The van der Waals surface area contributed by atoms with Gasteiger partial charge in [0.2, 0.25) is 5.91 Å². The van der Waals surface area contributed by atoms with E-state index in [1.165, 1.54) is 0 Å². The molecule has 1 heterocycles. The first-order chi connectivity index (χ1) is 7.24. The number of carbonyl (C=O) groups excluding carboxylic acids is 1. The summed E-state index contributed by atoms with van der Waals surface area (Å²) in [5, 5.41) is 6.14. The highest BCUT2D eigenvalue weighted by atomic mass is 16.5. The normalized spacial score (nSPS) is 26.3. The summed E-state index contributed by atoms with van der Waals surface area (Å²) in [6, 6.07) is 0.359. The average Bonchev–Trinajstić information content (AvgIpc) is 2.25. The number of hydrogen-bond donors (Lipinski definition) is 2. The van der Waals surface area contributed by atoms with Gasteiger partial charge in [0, 0.05) is 12.6 Å². The quantitative estimate of drug-likeness (QED) is 0.707. The van der Waals surface area contributed by atoms with Gasteiger partial charge in [-0.05, 0) is 32.7 Å². The van der Waals surface area contributed by atoms with Crippen molar-refractivity contribution in [1.82, 2.24) is 10.6 Å². The predicted molar refractivity (Wildman–Crippen MR) is 59.7 cm³/mol. The van der Waals surface area contributed by atoms with Crippen LogP contribution < -0.4 is 10.6 Å². The molecule has 1 fully saturated rings. The largest absolute Gasteiger partial charge is 0.367 e. The van der Waals surface area contributed by atoms with Gasteiger partial charge in [0.25, 0.3) is 0 Å². The molecule has 15 heavy (non-hydrogen) atoms. The van der Waals surface area contributed by atoms with Gasteiger partial charge in [0.15, 0.2) is 0 Å². The Kier molecular flexibility index (Phi) is 5.65. The van der Waals surface area contributed by atoms with Crippen molar-refractivity contribution in [2.45, 2.75) is 45.3 Å². The number of carbonyl (C=O) groups is 1. The second-order valence-corrected chi connectivity index (χ2v) is 4.08. The van der Waals surface area contributed by atoms with Crippen molar-refractivity contribution in [2.24, 2.45) is 0 Å². The maximum absolute atomic E-state index is 11.3. The number of rotatable bonds is 5. The first kappa shape index (κ1) is 12.5. The van der Waals surface area contributed by atoms with Crippen molar-refractivity contribution >= 4 is 5.91 Å². The van der Waals surface area contributed by atoms with E-state index in [-0.39, 0.29) is 18.6 Å². The predicted octanol–water partition coefficient (Wildman–Crippen LogP) is 0.670. The molecule has 0 aliphatic carbocycles. The molecule has 4 nitrogen and oxygen atoms in total. The summed E-state index contributed by atoms with van der Waals surface area (Å²) in [5.41, 5.74) is 0. The van der Waals surface area contributed by atoms with E-state index in [0.717, 1.165) is 32.4 Å². The third-order valence-electron chi connectivity index (χ3n) is 2.69. The highest BCUT2D eigenvalue weighted by Gasteiger charge is 2.21. The van der Waals surface area contributed by atoms with Crippen LogP contribution in [0.2, 0.25) is 0 Å². The molecule has 2 unspecified atom stereocenters. The summed E-state index contributed by atoms with van der Waals surface area (Å²) in [4.78, 5) is 11.3. The van der Waals surface area contributed by atoms with E-state index in [1.807, 2.05) is 6.92 Å². The third kappa shape index (κ3) is 4.62. The van der Waals surface area contributed by atoms with Crippen LogP contribution in [0.25, 0.3) is 0 Å². The molecule has 2 N–H and O–H groups in total. The summed E-state index contributed by atoms with van der Waals surface area (Å²) in [7, 11) is 0. The minimum Gasteiger partial charge on any atom is -0.367 e. The lowest BCUT2D eigenvalue weighted by atomic mass is 10.0. The molecule has 0 aromatic heterocycles. The Hall–Kier alpha value is -0.610. The molecule has 88 valence electrons. The molecular formula is C11H22N2O2. The molecule has 1 amide bonds. The molecule has 4 heteroatoms. The summed E-state index contributed by atoms with van der Waals surface area (Å²) >= 11 is 0. The van der Waals surface area contributed by atoms with Crippen molar-refractivity contribution in [1.29, 1.82) is 0 Å². The van der Waals surface area contributed by atoms with E-state index < -0.39 is 0 Å². The number of amides is 1. The molecule has 1 aliphatic rings. The minimum atomic E-state index is -0.00498. The fourth-order valence-corrected chi connectivity index (χ4v) is 1.74. The number of nitrogens with one attached hydrogen (secondary N) is 2. The first-order valence-corrected chi connectivity index (χ1v) is 5.85. The Morgan fingerprint density at radius 1 is 1.60 bits per heavy atom. The van der Waals surface area contributed by atoms with Crippen molar-refractivity contribution in [2.75, 3.05) is 19.7 Å². The van der Waals surface area contributed by atoms with E-state index >= 15 is 0 Å². The van der Waals surface area contributed by atoms with E-state index in [2.05, 4.69) is 17.6 Å². The van der Waals surface area contributed by atoms with Crippen molar-refractivity contribution in [3.63, 3.8) is 0 Å². The van der Waals surface area contributed by atoms with Gasteiger partial charge in [-0.1, -0.05) is 6.92 Å². The van der Waals surface area contributed by atoms with Crippen LogP contribution in [-0.4, -0.2) is 37.7 Å². The van der Waals surface area contributed by atoms with Gasteiger partial charge >= 0.3 is 0 Å². The SMILES string of the molecule is CCCNC(=O)COC1CCCNC1C. The number of ether oxygens (including phenoxy) is 1. The maximum atomic E-state index is 11.3. The molecule has 1 rings (SSSR count). The summed E-state index contributed by atoms with van der Waals surface area (Å²) in [6.45, 7) is 6.13. The van der Waals surface area contributed by atoms with Crippen LogP contribution in [0, 0.1) is 0 Å². The topological polar surface area (TPSA) is 50.4 Å². The van der Waals surface area contributed by atoms with Crippen LogP contribution in [-0.2, 0) is 9.53 Å². The molecule has 1 saturated heterocycles. The van der Waals surface area contributed by atoms with Gasteiger partial charge in [-0.2, -0.15) is 0 Å². The van der Waals surface area contributed by atoms with E-state index in [1.54, 1.807) is 0 Å². The molecule has 0 aromatic rings. The number of piperidine rings is 1. The standard InChI is InChI=1S/C11H22N2O2/c1-3-6-13-11(14)8-15-10-5-4-7-12-9(10)2/h9-10,12H,3-8H2,1-2H3,(H,13,14). The summed E-state index contributed by atoms with van der Waals surface area (Å²) in [5.74, 6) is -0.00498. The first-order valence-electron chi connectivity index (χ1n) is 5.85. The Labute approximate surface area is 91.8 Å². The number of hydrogen-bond acceptors (Lipinski definition) is 3. The molecular weight excluding hydrogens is 192 g/mol. The van der Waals surface area contributed by atoms with E-state index in [0.29, 0.717) is 6.04 Å². The van der Waals surface area contributed by atoms with Crippen LogP contribution in [0.15, 0.2) is 0 Å². The molecule has 0 aromatic carbocycles. The van der Waals surface area contributed by atoms with E-state index in [9.17, 15) is 4.79 Å². The van der Waals surface area contributed by atoms with Crippen LogP contribution in [0.4, 0.5) is 0 Å². The van der Waals surface area contributed by atoms with Crippen molar-refractivity contribution in [3.05, 3.63) is 0 Å². The fraction of sp³-hybridized carbons (Fsp3) is 0.909. The van der Waals surface area contributed by atoms with Gasteiger partial charge in [-0.15, -0.1) is 0 Å². The van der Waals surface area contributed by atoms with Gasteiger partial charge in [0.05, 0.1) is 6.10 Å². The van der Waals surface area contributed by atoms with Crippen LogP contribution in [0.3, 0.4) is 0 Å². The zero-order valence-electron chi connectivity index (χ0n) is 9.71. The zero-order valence-corrected chi connectivity index (χ0v) is 9.71. The second-order valence-electron chi connectivity index (χ2n) is 4.08. The minimum absolute atomic E-state index is 0.00498. The molecule has 0 saturated carbocycles. The highest BCUT2D eigenvalue weighted by molar-refractivity contribution is 5.77. The Balaban J connectivity index is 2.14. The molecule has 0 radical (unpaired) electrons.